The molecule has 0 aliphatic rings. The first-order valence-electron chi connectivity index (χ1n) is 11.8. The van der Waals surface area contributed by atoms with E-state index in [0.29, 0.717) is 6.54 Å². The van der Waals surface area contributed by atoms with Crippen molar-refractivity contribution in [1.82, 2.24) is 15.5 Å². The molecule has 1 rings (SSSR count). The van der Waals surface area contributed by atoms with Gasteiger partial charge in [0, 0.05) is 30.6 Å². The maximum absolute atomic E-state index is 13.7. The SMILES string of the molecule is CNC(CNC(C(=O)N(C)C(/C=C(\C)C(=O)O)C(C)C)C(C)(C)C)C(C)(C)c1ccccc1. The fraction of sp³-hybridized carbons (Fsp3) is 0.630. The molecule has 0 saturated heterocycles. The second-order valence-electron chi connectivity index (χ2n) is 11.0. The molecule has 0 radical (unpaired) electrons. The van der Waals surface area contributed by atoms with Crippen molar-refractivity contribution in [3.63, 3.8) is 0 Å². The van der Waals surface area contributed by atoms with Gasteiger partial charge in [-0.15, -0.1) is 0 Å². The summed E-state index contributed by atoms with van der Waals surface area (Å²) in [7, 11) is 3.72. The topological polar surface area (TPSA) is 81.7 Å². The van der Waals surface area contributed by atoms with Gasteiger partial charge in [0.05, 0.1) is 12.1 Å². The highest BCUT2D eigenvalue weighted by Gasteiger charge is 2.37. The molecule has 3 N–H and O–H groups in total. The summed E-state index contributed by atoms with van der Waals surface area (Å²) in [6, 6.07) is 9.74. The zero-order valence-corrected chi connectivity index (χ0v) is 22.2. The second kappa shape index (κ2) is 11.8. The van der Waals surface area contributed by atoms with Crippen molar-refractivity contribution in [3.05, 3.63) is 47.5 Å². The van der Waals surface area contributed by atoms with E-state index in [9.17, 15) is 14.7 Å². The molecule has 0 bridgehead atoms. The van der Waals surface area contributed by atoms with Gasteiger partial charge in [0.25, 0.3) is 0 Å². The molecule has 6 heteroatoms. The van der Waals surface area contributed by atoms with E-state index in [1.165, 1.54) is 5.56 Å². The number of rotatable bonds is 11. The lowest BCUT2D eigenvalue weighted by atomic mass is 9.77. The Morgan fingerprint density at radius 3 is 2.06 bits per heavy atom. The molecule has 33 heavy (non-hydrogen) atoms. The molecule has 0 saturated carbocycles. The first-order valence-corrected chi connectivity index (χ1v) is 11.8. The van der Waals surface area contributed by atoms with E-state index in [1.54, 1.807) is 24.9 Å². The van der Waals surface area contributed by atoms with Gasteiger partial charge >= 0.3 is 5.97 Å². The molecule has 0 fully saturated rings. The molecule has 3 unspecified atom stereocenters. The number of nitrogens with one attached hydrogen (secondary N) is 2. The minimum absolute atomic E-state index is 0.0389. The van der Waals surface area contributed by atoms with Crippen LogP contribution < -0.4 is 10.6 Å². The maximum atomic E-state index is 13.7. The first kappa shape index (κ1) is 28.9. The van der Waals surface area contributed by atoms with Crippen LogP contribution in [0.1, 0.15) is 61.0 Å². The minimum Gasteiger partial charge on any atom is -0.478 e. The summed E-state index contributed by atoms with van der Waals surface area (Å²) < 4.78 is 0. The number of benzene rings is 1. The van der Waals surface area contributed by atoms with Crippen molar-refractivity contribution in [2.45, 2.75) is 78.9 Å². The van der Waals surface area contributed by atoms with E-state index in [1.807, 2.05) is 39.1 Å². The van der Waals surface area contributed by atoms with Crippen LogP contribution in [0.4, 0.5) is 0 Å². The van der Waals surface area contributed by atoms with Gasteiger partial charge in [-0.2, -0.15) is 0 Å². The van der Waals surface area contributed by atoms with E-state index in [4.69, 9.17) is 0 Å². The Labute approximate surface area is 200 Å². The summed E-state index contributed by atoms with van der Waals surface area (Å²) in [4.78, 5) is 26.7. The van der Waals surface area contributed by atoms with Crippen LogP contribution in [0.25, 0.3) is 0 Å². The average molecular weight is 460 g/mol. The summed E-state index contributed by atoms with van der Waals surface area (Å²) >= 11 is 0. The van der Waals surface area contributed by atoms with Crippen molar-refractivity contribution in [3.8, 4) is 0 Å². The number of hydrogen-bond acceptors (Lipinski definition) is 4. The third-order valence-corrected chi connectivity index (χ3v) is 6.61. The zero-order valence-electron chi connectivity index (χ0n) is 22.2. The fourth-order valence-corrected chi connectivity index (χ4v) is 4.22. The Hall–Kier alpha value is -2.18. The van der Waals surface area contributed by atoms with Crippen LogP contribution in [0.3, 0.4) is 0 Å². The third kappa shape index (κ3) is 7.68. The van der Waals surface area contributed by atoms with Crippen LogP contribution >= 0.6 is 0 Å². The Kier molecular flexibility index (Phi) is 10.3. The quantitative estimate of drug-likeness (QED) is 0.435. The Balaban J connectivity index is 3.15. The molecule has 0 spiro atoms. The smallest absolute Gasteiger partial charge is 0.331 e. The van der Waals surface area contributed by atoms with Gasteiger partial charge in [-0.1, -0.05) is 84.9 Å². The van der Waals surface area contributed by atoms with Crippen LogP contribution in [0.5, 0.6) is 0 Å². The monoisotopic (exact) mass is 459 g/mol. The van der Waals surface area contributed by atoms with E-state index in [2.05, 4.69) is 57.4 Å². The lowest BCUT2D eigenvalue weighted by molar-refractivity contribution is -0.137. The van der Waals surface area contributed by atoms with Crippen molar-refractivity contribution < 1.29 is 14.7 Å². The predicted molar refractivity (Wildman–Crippen MR) is 136 cm³/mol. The number of carbonyl (C=O) groups is 2. The highest BCUT2D eigenvalue weighted by atomic mass is 16.4. The number of nitrogens with zero attached hydrogens (tertiary/aromatic N) is 1. The van der Waals surface area contributed by atoms with Crippen molar-refractivity contribution in [2.24, 2.45) is 11.3 Å². The summed E-state index contributed by atoms with van der Waals surface area (Å²) in [5.74, 6) is -0.925. The number of amides is 1. The van der Waals surface area contributed by atoms with Crippen LogP contribution in [-0.4, -0.2) is 60.6 Å². The summed E-state index contributed by atoms with van der Waals surface area (Å²) in [5, 5.41) is 16.3. The molecule has 1 aromatic rings. The van der Waals surface area contributed by atoms with Gasteiger partial charge in [-0.25, -0.2) is 4.79 Å². The molecule has 0 heterocycles. The highest BCUT2D eigenvalue weighted by Crippen LogP contribution is 2.28. The van der Waals surface area contributed by atoms with Crippen LogP contribution in [0, 0.1) is 11.3 Å². The highest BCUT2D eigenvalue weighted by molar-refractivity contribution is 5.86. The minimum atomic E-state index is -0.966. The molecule has 6 nitrogen and oxygen atoms in total. The van der Waals surface area contributed by atoms with Crippen LogP contribution in [-0.2, 0) is 15.0 Å². The molecule has 0 aromatic heterocycles. The average Bonchev–Trinajstić information content (AvgIpc) is 2.73. The van der Waals surface area contributed by atoms with Gasteiger partial charge in [0.2, 0.25) is 5.91 Å². The lowest BCUT2D eigenvalue weighted by Gasteiger charge is -2.40. The normalized spacial score (nSPS) is 15.8. The number of carbonyl (C=O) groups excluding carboxylic acids is 1. The molecule has 3 atom stereocenters. The zero-order chi connectivity index (χ0) is 25.6. The van der Waals surface area contributed by atoms with Gasteiger partial charge in [-0.05, 0) is 30.9 Å². The number of carboxylic acids is 1. The fourth-order valence-electron chi connectivity index (χ4n) is 4.22. The van der Waals surface area contributed by atoms with Crippen molar-refractivity contribution >= 4 is 11.9 Å². The third-order valence-electron chi connectivity index (χ3n) is 6.61. The first-order chi connectivity index (χ1) is 15.1. The summed E-state index contributed by atoms with van der Waals surface area (Å²) in [6.45, 7) is 16.7. The lowest BCUT2D eigenvalue weighted by Crippen LogP contribution is -2.59. The molecule has 0 aliphatic heterocycles. The number of aliphatic carboxylic acids is 1. The van der Waals surface area contributed by atoms with Crippen molar-refractivity contribution in [1.29, 1.82) is 0 Å². The largest absolute Gasteiger partial charge is 0.478 e. The van der Waals surface area contributed by atoms with Gasteiger partial charge in [0.1, 0.15) is 0 Å². The Bertz CT molecular complexity index is 810. The molecule has 186 valence electrons. The molecule has 0 aliphatic carbocycles. The molecule has 1 aromatic carbocycles. The number of hydrogen-bond donors (Lipinski definition) is 3. The standard InChI is InChI=1S/C27H45N3O3/c1-18(2)21(16-19(3)25(32)33)30(10)24(31)23(26(4,5)6)29-17-22(28-9)27(7,8)20-14-12-11-13-15-20/h11-16,18,21-23,28-29H,17H2,1-10H3,(H,32,33)/b19-16+. The van der Waals surface area contributed by atoms with Crippen molar-refractivity contribution in [2.75, 3.05) is 20.6 Å². The van der Waals surface area contributed by atoms with E-state index < -0.39 is 12.0 Å². The predicted octanol–water partition coefficient (Wildman–Crippen LogP) is 4.07. The maximum Gasteiger partial charge on any atom is 0.331 e. The number of carboxylic acid groups (broad SMARTS) is 1. The van der Waals surface area contributed by atoms with E-state index >= 15 is 0 Å². The Morgan fingerprint density at radius 2 is 1.64 bits per heavy atom. The Morgan fingerprint density at radius 1 is 1.09 bits per heavy atom. The summed E-state index contributed by atoms with van der Waals surface area (Å²) in [5.41, 5.74) is 1.00. The van der Waals surface area contributed by atoms with Gasteiger partial charge in [0.15, 0.2) is 0 Å². The molecular formula is C27H45N3O3. The molecular weight excluding hydrogens is 414 g/mol. The number of likely N-dealkylation sites (N-methyl/N-ethyl adjacent to an activating group) is 2. The van der Waals surface area contributed by atoms with Crippen LogP contribution in [0.2, 0.25) is 0 Å². The van der Waals surface area contributed by atoms with Crippen LogP contribution in [0.15, 0.2) is 42.0 Å². The van der Waals surface area contributed by atoms with Gasteiger partial charge in [-0.3, -0.25) is 4.79 Å². The van der Waals surface area contributed by atoms with E-state index in [0.717, 1.165) is 0 Å². The van der Waals surface area contributed by atoms with E-state index in [-0.39, 0.29) is 40.3 Å². The van der Waals surface area contributed by atoms with Gasteiger partial charge < -0.3 is 20.6 Å². The summed E-state index contributed by atoms with van der Waals surface area (Å²) in [6.07, 6.45) is 1.68. The second-order valence-corrected chi connectivity index (χ2v) is 11.0. The molecule has 1 amide bonds.